The molecule has 0 aromatic heterocycles. The monoisotopic (exact) mass is 261 g/mol. The molecule has 2 saturated heterocycles. The second-order valence-electron chi connectivity index (χ2n) is 4.00. The number of ether oxygens (including phenoxy) is 1. The molecule has 7 nitrogen and oxygen atoms in total. The van der Waals surface area contributed by atoms with Crippen LogP contribution in [0.25, 0.3) is 0 Å². The third kappa shape index (κ3) is 2.56. The molecule has 0 bridgehead atoms. The van der Waals surface area contributed by atoms with Gasteiger partial charge < -0.3 is 4.74 Å². The fourth-order valence-corrected chi connectivity index (χ4v) is 3.81. The van der Waals surface area contributed by atoms with Gasteiger partial charge in [-0.25, -0.2) is 4.79 Å². The van der Waals surface area contributed by atoms with E-state index in [1.807, 2.05) is 0 Å². The summed E-state index contributed by atoms with van der Waals surface area (Å²) in [6, 6.07) is 0. The maximum atomic E-state index is 12.3. The number of nitrogens with zero attached hydrogens (tertiary/aromatic N) is 3. The fourth-order valence-electron chi connectivity index (χ4n) is 2.07. The molecule has 2 aliphatic rings. The van der Waals surface area contributed by atoms with Crippen molar-refractivity contribution in [3.05, 3.63) is 0 Å². The highest BCUT2D eigenvalue weighted by Gasteiger charge is 2.38. The van der Waals surface area contributed by atoms with Crippen LogP contribution in [0, 0.1) is 0 Å². The second kappa shape index (κ2) is 5.24. The molecule has 1 unspecified atom stereocenters. The molecule has 2 aliphatic heterocycles. The van der Waals surface area contributed by atoms with E-state index in [2.05, 4.69) is 4.99 Å². The molecule has 0 aromatic rings. The number of aliphatic imine (C=N–C) groups is 1. The van der Waals surface area contributed by atoms with Crippen LogP contribution < -0.4 is 0 Å². The Kier molecular flexibility index (Phi) is 3.90. The first-order chi connectivity index (χ1) is 8.16. The van der Waals surface area contributed by atoms with E-state index in [4.69, 9.17) is 4.74 Å². The van der Waals surface area contributed by atoms with Crippen molar-refractivity contribution in [3.8, 4) is 0 Å². The quantitative estimate of drug-likeness (QED) is 0.498. The topological polar surface area (TPSA) is 79.3 Å². The Morgan fingerprint density at radius 1 is 1.24 bits per heavy atom. The average molecular weight is 261 g/mol. The van der Waals surface area contributed by atoms with Crippen LogP contribution in [0.4, 0.5) is 0 Å². The molecule has 0 N–H and O–H groups in total. The number of morpholine rings is 1. The van der Waals surface area contributed by atoms with Gasteiger partial charge in [0.1, 0.15) is 0 Å². The first kappa shape index (κ1) is 12.7. The van der Waals surface area contributed by atoms with Gasteiger partial charge in [-0.2, -0.15) is 22.0 Å². The highest BCUT2D eigenvalue weighted by atomic mass is 32.2. The zero-order valence-electron chi connectivity index (χ0n) is 9.41. The molecule has 2 rings (SSSR count). The van der Waals surface area contributed by atoms with Crippen LogP contribution in [-0.4, -0.2) is 62.1 Å². The van der Waals surface area contributed by atoms with Gasteiger partial charge in [-0.15, -0.1) is 0 Å². The van der Waals surface area contributed by atoms with Crippen LogP contribution in [0.1, 0.15) is 12.8 Å². The Morgan fingerprint density at radius 3 is 2.59 bits per heavy atom. The van der Waals surface area contributed by atoms with Gasteiger partial charge in [-0.05, 0) is 12.8 Å². The first-order valence-corrected chi connectivity index (χ1v) is 6.97. The lowest BCUT2D eigenvalue weighted by molar-refractivity contribution is 0.0334. The van der Waals surface area contributed by atoms with Crippen molar-refractivity contribution in [2.75, 3.05) is 32.8 Å². The molecule has 0 saturated carbocycles. The van der Waals surface area contributed by atoms with Crippen molar-refractivity contribution in [1.29, 1.82) is 0 Å². The lowest BCUT2D eigenvalue weighted by Crippen LogP contribution is -2.52. The minimum absolute atomic E-state index is 0.113. The fraction of sp³-hybridized carbons (Fsp3) is 0.889. The molecule has 0 aromatic carbocycles. The Bertz CT molecular complexity index is 412. The van der Waals surface area contributed by atoms with Crippen molar-refractivity contribution < 1.29 is 17.9 Å². The van der Waals surface area contributed by atoms with Gasteiger partial charge in [0, 0.05) is 19.6 Å². The Labute approximate surface area is 100 Å². The van der Waals surface area contributed by atoms with Gasteiger partial charge in [0.15, 0.2) is 6.17 Å². The van der Waals surface area contributed by atoms with Gasteiger partial charge in [-0.3, -0.25) is 0 Å². The van der Waals surface area contributed by atoms with E-state index in [-0.39, 0.29) is 13.2 Å². The number of carbonyl (C=O) groups excluding carboxylic acids is 1. The van der Waals surface area contributed by atoms with Crippen LogP contribution in [-0.2, 0) is 19.7 Å². The number of hydrogen-bond donors (Lipinski definition) is 0. The summed E-state index contributed by atoms with van der Waals surface area (Å²) in [6.07, 6.45) is 2.39. The summed E-state index contributed by atoms with van der Waals surface area (Å²) in [7, 11) is -3.52. The second-order valence-corrected chi connectivity index (χ2v) is 5.88. The highest BCUT2D eigenvalue weighted by molar-refractivity contribution is 7.86. The molecule has 0 spiro atoms. The minimum atomic E-state index is -3.52. The maximum Gasteiger partial charge on any atom is 0.284 e. The van der Waals surface area contributed by atoms with Gasteiger partial charge in [0.05, 0.1) is 13.2 Å². The van der Waals surface area contributed by atoms with Crippen LogP contribution in [0.2, 0.25) is 0 Å². The van der Waals surface area contributed by atoms with Crippen molar-refractivity contribution in [2.45, 2.75) is 19.0 Å². The highest BCUT2D eigenvalue weighted by Crippen LogP contribution is 2.20. The summed E-state index contributed by atoms with van der Waals surface area (Å²) in [5, 5.41) is 0. The van der Waals surface area contributed by atoms with Crippen LogP contribution in [0.15, 0.2) is 4.99 Å². The molecule has 1 atom stereocenters. The smallest absolute Gasteiger partial charge is 0.284 e. The Hall–Kier alpha value is -0.790. The van der Waals surface area contributed by atoms with E-state index in [0.717, 1.165) is 12.8 Å². The summed E-state index contributed by atoms with van der Waals surface area (Å²) < 4.78 is 32.3. The predicted octanol–water partition coefficient (Wildman–Crippen LogP) is -0.679. The zero-order chi connectivity index (χ0) is 12.3. The SMILES string of the molecule is O=C=NC1COCCN1S(=O)(=O)N1CCCC1. The minimum Gasteiger partial charge on any atom is -0.376 e. The molecule has 0 aliphatic carbocycles. The van der Waals surface area contributed by atoms with Crippen LogP contribution >= 0.6 is 0 Å². The molecule has 8 heteroatoms. The molecule has 2 heterocycles. The standard InChI is InChI=1S/C9H15N3O4S/c13-8-10-9-7-16-6-5-12(9)17(14,15)11-3-1-2-4-11/h9H,1-7H2. The molecule has 17 heavy (non-hydrogen) atoms. The molecular weight excluding hydrogens is 246 g/mol. The van der Waals surface area contributed by atoms with Gasteiger partial charge in [-0.1, -0.05) is 0 Å². The van der Waals surface area contributed by atoms with Gasteiger partial charge in [0.25, 0.3) is 10.2 Å². The summed E-state index contributed by atoms with van der Waals surface area (Å²) in [5.74, 6) is 0. The van der Waals surface area contributed by atoms with Crippen molar-refractivity contribution >= 4 is 16.3 Å². The Morgan fingerprint density at radius 2 is 1.94 bits per heavy atom. The summed E-state index contributed by atoms with van der Waals surface area (Å²) in [5.41, 5.74) is 0. The summed E-state index contributed by atoms with van der Waals surface area (Å²) in [6.45, 7) is 1.75. The van der Waals surface area contributed by atoms with Crippen LogP contribution in [0.5, 0.6) is 0 Å². The van der Waals surface area contributed by atoms with Crippen molar-refractivity contribution in [1.82, 2.24) is 8.61 Å². The van der Waals surface area contributed by atoms with E-state index in [9.17, 15) is 13.2 Å². The third-order valence-corrected chi connectivity index (χ3v) is 4.98. The zero-order valence-corrected chi connectivity index (χ0v) is 10.2. The van der Waals surface area contributed by atoms with Crippen LogP contribution in [0.3, 0.4) is 0 Å². The maximum absolute atomic E-state index is 12.3. The molecule has 2 fully saturated rings. The number of isocyanates is 1. The first-order valence-electron chi connectivity index (χ1n) is 5.58. The predicted molar refractivity (Wildman–Crippen MR) is 59.2 cm³/mol. The van der Waals surface area contributed by atoms with Crippen molar-refractivity contribution in [3.63, 3.8) is 0 Å². The average Bonchev–Trinajstić information content (AvgIpc) is 2.84. The number of rotatable bonds is 3. The van der Waals surface area contributed by atoms with Gasteiger partial charge in [0.2, 0.25) is 6.08 Å². The summed E-state index contributed by atoms with van der Waals surface area (Å²) >= 11 is 0. The molecular formula is C9H15N3O4S. The lowest BCUT2D eigenvalue weighted by Gasteiger charge is -2.33. The van der Waals surface area contributed by atoms with Crippen molar-refractivity contribution in [2.24, 2.45) is 4.99 Å². The molecule has 96 valence electrons. The number of hydrogen-bond acceptors (Lipinski definition) is 5. The van der Waals surface area contributed by atoms with E-state index >= 15 is 0 Å². The summed E-state index contributed by atoms with van der Waals surface area (Å²) in [4.78, 5) is 13.8. The normalized spacial score (nSPS) is 27.9. The van der Waals surface area contributed by atoms with E-state index < -0.39 is 16.4 Å². The van der Waals surface area contributed by atoms with E-state index in [1.165, 1.54) is 14.7 Å². The third-order valence-electron chi connectivity index (χ3n) is 2.94. The Balaban J connectivity index is 2.20. The molecule has 0 amide bonds. The van der Waals surface area contributed by atoms with E-state index in [0.29, 0.717) is 19.7 Å². The van der Waals surface area contributed by atoms with E-state index in [1.54, 1.807) is 0 Å². The lowest BCUT2D eigenvalue weighted by atomic mass is 10.4. The van der Waals surface area contributed by atoms with Gasteiger partial charge >= 0.3 is 0 Å². The molecule has 0 radical (unpaired) electrons. The largest absolute Gasteiger partial charge is 0.376 e.